The summed E-state index contributed by atoms with van der Waals surface area (Å²) < 4.78 is 2.22. The molecule has 5 rings (SSSR count). The van der Waals surface area contributed by atoms with E-state index in [0.717, 1.165) is 39.7 Å². The fraction of sp³-hybridized carbons (Fsp3) is 0.179. The lowest BCUT2D eigenvalue weighted by Gasteiger charge is -2.18. The van der Waals surface area contributed by atoms with E-state index in [-0.39, 0.29) is 0 Å². The van der Waals surface area contributed by atoms with Crippen molar-refractivity contribution in [2.75, 3.05) is 29.9 Å². The Morgan fingerprint density at radius 1 is 0.674 bits per heavy atom. The second-order valence-electron chi connectivity index (χ2n) is 10.6. The zero-order chi connectivity index (χ0) is 33.2. The van der Waals surface area contributed by atoms with Crippen LogP contribution < -0.4 is 9.80 Å². The molecule has 0 amide bonds. The average molecular weight is 682 g/mol. The third kappa shape index (κ3) is 8.58. The molecule has 1 aliphatic heterocycles. The van der Waals surface area contributed by atoms with Gasteiger partial charge in [-0.05, 0) is 122 Å². The number of hydrogen-bond donors (Lipinski definition) is 2. The highest BCUT2D eigenvalue weighted by Crippen LogP contribution is 2.53. The van der Waals surface area contributed by atoms with Crippen molar-refractivity contribution in [3.63, 3.8) is 0 Å². The van der Waals surface area contributed by atoms with Gasteiger partial charge in [0.05, 0.1) is 0 Å². The lowest BCUT2D eigenvalue weighted by atomic mass is 10.1. The molecule has 0 atom stereocenters. The van der Waals surface area contributed by atoms with Crippen LogP contribution in [-0.2, 0) is 0 Å². The van der Waals surface area contributed by atoms with Crippen LogP contribution >= 0.6 is 49.2 Å². The maximum atomic E-state index is 4.68. The van der Waals surface area contributed by atoms with Crippen LogP contribution in [-0.4, -0.2) is 23.8 Å². The number of aryl methyl sites for hydroxylation is 2. The monoisotopic (exact) mass is 681 g/mol. The number of nitrogens with zero attached hydrogens (tertiary/aromatic N) is 3. The lowest BCUT2D eigenvalue weighted by Crippen LogP contribution is -2.13. The molecule has 0 unspecified atom stereocenters. The highest BCUT2D eigenvalue weighted by atomic mass is 32.2. The molecule has 0 aromatic heterocycles. The Morgan fingerprint density at radius 3 is 1.70 bits per heavy atom. The van der Waals surface area contributed by atoms with Crippen LogP contribution in [0.15, 0.2) is 123 Å². The van der Waals surface area contributed by atoms with E-state index >= 15 is 0 Å². The summed E-state index contributed by atoms with van der Waals surface area (Å²) in [5, 5.41) is 0. The Hall–Kier alpha value is -3.20. The number of benzene rings is 4. The molecule has 3 nitrogen and oxygen atoms in total. The zero-order valence-corrected chi connectivity index (χ0v) is 30.7. The van der Waals surface area contributed by atoms with Gasteiger partial charge in [-0.2, -0.15) is 3.71 Å². The molecule has 1 heterocycles. The molecule has 0 saturated carbocycles. The molecule has 0 spiro atoms. The third-order valence-corrected chi connectivity index (χ3v) is 11.2. The first-order chi connectivity index (χ1) is 22.2. The molecule has 46 heavy (non-hydrogen) atoms. The molecule has 7 heteroatoms. The van der Waals surface area contributed by atoms with E-state index in [1.54, 1.807) is 23.9 Å². The summed E-state index contributed by atoms with van der Waals surface area (Å²) >= 11 is 13.0. The smallest absolute Gasteiger partial charge is 0.0469 e. The minimum absolute atomic E-state index is 0.880. The highest BCUT2D eigenvalue weighted by Gasteiger charge is 2.25. The van der Waals surface area contributed by atoms with Gasteiger partial charge in [0, 0.05) is 51.1 Å². The first kappa shape index (κ1) is 35.7. The van der Waals surface area contributed by atoms with E-state index in [2.05, 4.69) is 172 Å². The average Bonchev–Trinajstić information content (AvgIpc) is 3.47. The van der Waals surface area contributed by atoms with Gasteiger partial charge in [-0.1, -0.05) is 86.0 Å². The van der Waals surface area contributed by atoms with Gasteiger partial charge in [-0.25, -0.2) is 0 Å². The molecule has 4 aromatic rings. The minimum atomic E-state index is 0.880. The predicted molar refractivity (Wildman–Crippen MR) is 216 cm³/mol. The lowest BCUT2D eigenvalue weighted by molar-refractivity contribution is 0.965. The van der Waals surface area contributed by atoms with Crippen molar-refractivity contribution >= 4 is 80.1 Å². The second kappa shape index (κ2) is 17.1. The van der Waals surface area contributed by atoms with Crippen LogP contribution in [0.2, 0.25) is 0 Å². The molecule has 0 N–H and O–H groups in total. The topological polar surface area (TPSA) is 9.72 Å². The van der Waals surface area contributed by atoms with Crippen molar-refractivity contribution in [1.29, 1.82) is 0 Å². The summed E-state index contributed by atoms with van der Waals surface area (Å²) in [5.74, 6) is 0. The van der Waals surface area contributed by atoms with Crippen LogP contribution in [0.3, 0.4) is 0 Å². The van der Waals surface area contributed by atoms with Gasteiger partial charge in [0.1, 0.15) is 0 Å². The molecule has 238 valence electrons. The summed E-state index contributed by atoms with van der Waals surface area (Å²) in [6.45, 7) is 18.0. The first-order valence-electron chi connectivity index (χ1n) is 15.3. The summed E-state index contributed by atoms with van der Waals surface area (Å²) in [5.41, 5.74) is 9.56. The first-order valence-corrected chi connectivity index (χ1v) is 17.7. The molecule has 0 fully saturated rings. The van der Waals surface area contributed by atoms with Gasteiger partial charge in [-0.3, -0.25) is 0 Å². The van der Waals surface area contributed by atoms with Gasteiger partial charge in [-0.15, -0.1) is 25.3 Å². The Labute approximate surface area is 295 Å². The number of rotatable bonds is 10. The maximum Gasteiger partial charge on any atom is 0.0469 e. The Kier molecular flexibility index (Phi) is 13.2. The summed E-state index contributed by atoms with van der Waals surface area (Å²) in [6, 6.07) is 33.9. The van der Waals surface area contributed by atoms with E-state index in [4.69, 9.17) is 0 Å². The largest absolute Gasteiger partial charge is 0.349 e. The molecule has 0 saturated heterocycles. The van der Waals surface area contributed by atoms with Crippen molar-refractivity contribution in [2.24, 2.45) is 0 Å². The van der Waals surface area contributed by atoms with Gasteiger partial charge in [0.25, 0.3) is 0 Å². The molecular weight excluding hydrogens is 639 g/mol. The summed E-state index contributed by atoms with van der Waals surface area (Å²) in [6.07, 6.45) is 3.71. The second-order valence-corrected chi connectivity index (χ2v) is 14.0. The van der Waals surface area contributed by atoms with Crippen molar-refractivity contribution < 1.29 is 0 Å². The van der Waals surface area contributed by atoms with Crippen LogP contribution in [0.1, 0.15) is 47.2 Å². The summed E-state index contributed by atoms with van der Waals surface area (Å²) in [7, 11) is 2.12. The third-order valence-electron chi connectivity index (χ3n) is 7.72. The van der Waals surface area contributed by atoms with E-state index in [1.165, 1.54) is 37.8 Å². The van der Waals surface area contributed by atoms with E-state index in [9.17, 15) is 0 Å². The molecule has 4 aromatic carbocycles. The number of thiol groups is 2. The van der Waals surface area contributed by atoms with Crippen molar-refractivity contribution in [3.05, 3.63) is 156 Å². The fourth-order valence-electron chi connectivity index (χ4n) is 5.09. The molecular formula is C39H43N3S4. The highest BCUT2D eigenvalue weighted by molar-refractivity contribution is 8.25. The van der Waals surface area contributed by atoms with Crippen LogP contribution in [0, 0.1) is 13.8 Å². The Bertz CT molecular complexity index is 1710. The number of hydrogen-bond acceptors (Lipinski definition) is 7. The molecule has 0 bridgehead atoms. The fourth-order valence-corrected chi connectivity index (χ4v) is 8.04. The van der Waals surface area contributed by atoms with E-state index in [1.807, 2.05) is 24.5 Å². The Morgan fingerprint density at radius 2 is 1.17 bits per heavy atom. The molecule has 0 aliphatic carbocycles. The van der Waals surface area contributed by atoms with Gasteiger partial charge < -0.3 is 9.80 Å². The normalized spacial score (nSPS) is 13.5. The predicted octanol–water partition coefficient (Wildman–Crippen LogP) is 11.7. The van der Waals surface area contributed by atoms with E-state index in [0.29, 0.717) is 0 Å². The van der Waals surface area contributed by atoms with Crippen molar-refractivity contribution in [3.8, 4) is 0 Å². The number of anilines is 2. The van der Waals surface area contributed by atoms with Gasteiger partial charge >= 0.3 is 0 Å². The molecule has 1 aliphatic rings. The SMILES string of the molecule is C=CN(CC)c1ccc(/C(S)=C(/S)c2ccccc2C)cc1.C=CN(CC)c1ccc(C2=C(c3ccccc3C)SN(C)S2)cc1. The van der Waals surface area contributed by atoms with Crippen LogP contribution in [0.4, 0.5) is 11.4 Å². The van der Waals surface area contributed by atoms with Crippen molar-refractivity contribution in [2.45, 2.75) is 27.7 Å². The van der Waals surface area contributed by atoms with Crippen molar-refractivity contribution in [1.82, 2.24) is 3.71 Å². The van der Waals surface area contributed by atoms with Crippen LogP contribution in [0.25, 0.3) is 19.6 Å². The molecule has 0 radical (unpaired) electrons. The minimum Gasteiger partial charge on any atom is -0.349 e. The van der Waals surface area contributed by atoms with Gasteiger partial charge in [0.2, 0.25) is 0 Å². The van der Waals surface area contributed by atoms with Crippen LogP contribution in [0.5, 0.6) is 0 Å². The van der Waals surface area contributed by atoms with E-state index < -0.39 is 0 Å². The van der Waals surface area contributed by atoms with Gasteiger partial charge in [0.15, 0.2) is 0 Å². The summed E-state index contributed by atoms with van der Waals surface area (Å²) in [4.78, 5) is 8.67. The maximum absolute atomic E-state index is 4.68. The Balaban J connectivity index is 0.000000210. The quantitative estimate of drug-likeness (QED) is 0.0977. The standard InChI is InChI=1S/C20H22N2S2.C19H21NS2/c1-5-22(6-2)17-13-11-16(12-14-17)19-20(24-21(4)23-19)18-10-8-7-9-15(18)3;1-4-20(5-2)16-12-10-15(11-13-16)18(21)19(22)17-9-7-6-8-14(17)3/h5,7-14H,1,6H2,2-4H3;4,6-13,21-22H,1,5H2,2-3H3/b;19-18-. The zero-order valence-electron chi connectivity index (χ0n) is 27.3.